The summed E-state index contributed by atoms with van der Waals surface area (Å²) in [4.78, 5) is 11.0. The molecule has 0 atom stereocenters. The van der Waals surface area contributed by atoms with Gasteiger partial charge in [-0.25, -0.2) is 4.98 Å². The van der Waals surface area contributed by atoms with E-state index >= 15 is 0 Å². The molecule has 132 valence electrons. The zero-order valence-electron chi connectivity index (χ0n) is 14.5. The molecule has 0 aliphatic carbocycles. The highest BCUT2D eigenvalue weighted by Crippen LogP contribution is 2.19. The Kier molecular flexibility index (Phi) is 9.46. The Balaban J connectivity index is 0.00000264. The second kappa shape index (κ2) is 10.8. The lowest BCUT2D eigenvalue weighted by Gasteiger charge is -2.31. The van der Waals surface area contributed by atoms with E-state index in [4.69, 9.17) is 0 Å². The number of aromatic nitrogens is 3. The van der Waals surface area contributed by atoms with Crippen molar-refractivity contribution in [2.75, 3.05) is 33.2 Å². The van der Waals surface area contributed by atoms with Gasteiger partial charge in [0.1, 0.15) is 12.2 Å². The van der Waals surface area contributed by atoms with E-state index in [1.54, 1.807) is 18.1 Å². The van der Waals surface area contributed by atoms with Crippen molar-refractivity contribution in [1.82, 2.24) is 30.3 Å². The van der Waals surface area contributed by atoms with Gasteiger partial charge in [0.25, 0.3) is 0 Å². The highest BCUT2D eigenvalue weighted by molar-refractivity contribution is 14.0. The molecule has 0 amide bonds. The largest absolute Gasteiger partial charge is 0.356 e. The molecule has 8 heteroatoms. The number of hydrogen-bond acceptors (Lipinski definition) is 4. The van der Waals surface area contributed by atoms with Crippen LogP contribution < -0.4 is 10.6 Å². The van der Waals surface area contributed by atoms with Gasteiger partial charge < -0.3 is 15.5 Å². The van der Waals surface area contributed by atoms with Gasteiger partial charge in [-0.2, -0.15) is 5.10 Å². The monoisotopic (exact) mass is 435 g/mol. The predicted molar refractivity (Wildman–Crippen MR) is 104 cm³/mol. The fourth-order valence-electron chi connectivity index (χ4n) is 2.85. The third kappa shape index (κ3) is 6.62. The first-order valence-corrected chi connectivity index (χ1v) is 8.22. The minimum atomic E-state index is 0. The molecule has 1 fully saturated rings. The number of rotatable bonds is 6. The average Bonchev–Trinajstić information content (AvgIpc) is 2.96. The van der Waals surface area contributed by atoms with Crippen LogP contribution in [0.15, 0.2) is 11.3 Å². The van der Waals surface area contributed by atoms with Crippen molar-refractivity contribution in [2.24, 2.45) is 18.0 Å². The van der Waals surface area contributed by atoms with Gasteiger partial charge in [-0.15, -0.1) is 24.0 Å². The third-order valence-electron chi connectivity index (χ3n) is 4.44. The molecule has 23 heavy (non-hydrogen) atoms. The van der Waals surface area contributed by atoms with Crippen LogP contribution in [0.5, 0.6) is 0 Å². The summed E-state index contributed by atoms with van der Waals surface area (Å²) in [7, 11) is 3.69. The summed E-state index contributed by atoms with van der Waals surface area (Å²) in [6, 6.07) is 0. The molecule has 1 saturated heterocycles. The third-order valence-corrected chi connectivity index (χ3v) is 4.44. The van der Waals surface area contributed by atoms with E-state index in [1.165, 1.54) is 38.9 Å². The molecule has 7 nitrogen and oxygen atoms in total. The maximum atomic E-state index is 4.25. The van der Waals surface area contributed by atoms with Crippen LogP contribution in [0.3, 0.4) is 0 Å². The number of halogens is 1. The van der Waals surface area contributed by atoms with E-state index in [9.17, 15) is 0 Å². The summed E-state index contributed by atoms with van der Waals surface area (Å²) in [6.07, 6.45) is 5.42. The van der Waals surface area contributed by atoms with Crippen molar-refractivity contribution < 1.29 is 0 Å². The summed E-state index contributed by atoms with van der Waals surface area (Å²) in [5, 5.41) is 10.7. The van der Waals surface area contributed by atoms with Crippen LogP contribution in [0, 0.1) is 5.92 Å². The Labute approximate surface area is 156 Å². The maximum absolute atomic E-state index is 4.25. The minimum absolute atomic E-state index is 0. The Morgan fingerprint density at radius 1 is 1.35 bits per heavy atom. The normalized spacial score (nSPS) is 16.9. The highest BCUT2D eigenvalue weighted by atomic mass is 127. The summed E-state index contributed by atoms with van der Waals surface area (Å²) in [5.74, 6) is 2.57. The fraction of sp³-hybridized carbons (Fsp3) is 0.800. The van der Waals surface area contributed by atoms with E-state index in [-0.39, 0.29) is 24.0 Å². The lowest BCUT2D eigenvalue weighted by molar-refractivity contribution is 0.187. The Morgan fingerprint density at radius 2 is 2.09 bits per heavy atom. The van der Waals surface area contributed by atoms with Gasteiger partial charge in [0.2, 0.25) is 0 Å². The van der Waals surface area contributed by atoms with Crippen molar-refractivity contribution in [2.45, 2.75) is 32.7 Å². The van der Waals surface area contributed by atoms with Gasteiger partial charge >= 0.3 is 0 Å². The number of likely N-dealkylation sites (tertiary alicyclic amines) is 1. The molecule has 0 bridgehead atoms. The van der Waals surface area contributed by atoms with Gasteiger partial charge in [0, 0.05) is 20.6 Å². The first kappa shape index (κ1) is 20.1. The smallest absolute Gasteiger partial charge is 0.191 e. The molecule has 2 rings (SSSR count). The fourth-order valence-corrected chi connectivity index (χ4v) is 2.85. The second-order valence-corrected chi connectivity index (χ2v) is 5.82. The molecule has 2 N–H and O–H groups in total. The zero-order chi connectivity index (χ0) is 15.8. The molecule has 0 unspecified atom stereocenters. The molecule has 0 spiro atoms. The van der Waals surface area contributed by atoms with Crippen molar-refractivity contribution in [3.05, 3.63) is 12.2 Å². The van der Waals surface area contributed by atoms with E-state index < -0.39 is 0 Å². The lowest BCUT2D eigenvalue weighted by atomic mass is 9.93. The number of nitrogens with one attached hydrogen (secondary N) is 2. The van der Waals surface area contributed by atoms with E-state index in [1.807, 2.05) is 7.05 Å². The Morgan fingerprint density at radius 3 is 2.65 bits per heavy atom. The molecule has 0 aromatic carbocycles. The second-order valence-electron chi connectivity index (χ2n) is 5.82. The SMILES string of the molecule is CCN1CCC(CCNC(=NC)NCc2ncnn2C)CC1.I. The molecule has 1 aromatic rings. The number of aryl methyl sites for hydroxylation is 1. The van der Waals surface area contributed by atoms with Crippen molar-refractivity contribution in [3.8, 4) is 0 Å². The number of guanidine groups is 1. The van der Waals surface area contributed by atoms with E-state index in [0.717, 1.165) is 24.2 Å². The maximum Gasteiger partial charge on any atom is 0.191 e. The topological polar surface area (TPSA) is 70.4 Å². The van der Waals surface area contributed by atoms with Crippen LogP contribution in [0.2, 0.25) is 0 Å². The molecular formula is C15H30IN7. The first-order chi connectivity index (χ1) is 10.7. The van der Waals surface area contributed by atoms with Crippen LogP contribution in [0.4, 0.5) is 0 Å². The van der Waals surface area contributed by atoms with Crippen LogP contribution in [-0.4, -0.2) is 58.9 Å². The van der Waals surface area contributed by atoms with Crippen molar-refractivity contribution >= 4 is 29.9 Å². The van der Waals surface area contributed by atoms with Gasteiger partial charge in [-0.05, 0) is 44.8 Å². The van der Waals surface area contributed by atoms with Gasteiger partial charge in [-0.3, -0.25) is 9.67 Å². The predicted octanol–water partition coefficient (Wildman–Crippen LogP) is 1.22. The standard InChI is InChI=1S/C15H29N7.HI/c1-4-22-9-6-13(7-10-22)5-8-17-15(16-2)18-11-14-19-12-20-21(14)3;/h12-13H,4-11H2,1-3H3,(H2,16,17,18);1H. The molecule has 2 heterocycles. The number of piperidine rings is 1. The zero-order valence-corrected chi connectivity index (χ0v) is 16.8. The van der Waals surface area contributed by atoms with Gasteiger partial charge in [0.05, 0.1) is 6.54 Å². The van der Waals surface area contributed by atoms with Crippen LogP contribution in [-0.2, 0) is 13.6 Å². The molecule has 1 aliphatic heterocycles. The van der Waals surface area contributed by atoms with Gasteiger partial charge in [-0.1, -0.05) is 6.92 Å². The molecular weight excluding hydrogens is 405 g/mol. The highest BCUT2D eigenvalue weighted by Gasteiger charge is 2.17. The van der Waals surface area contributed by atoms with Crippen LogP contribution >= 0.6 is 24.0 Å². The molecule has 0 radical (unpaired) electrons. The quantitative estimate of drug-likeness (QED) is 0.400. The number of nitrogens with zero attached hydrogens (tertiary/aromatic N) is 5. The lowest BCUT2D eigenvalue weighted by Crippen LogP contribution is -2.39. The Bertz CT molecular complexity index is 466. The summed E-state index contributed by atoms with van der Waals surface area (Å²) < 4.78 is 1.77. The van der Waals surface area contributed by atoms with E-state index in [2.05, 4.69) is 37.5 Å². The summed E-state index contributed by atoms with van der Waals surface area (Å²) in [5.41, 5.74) is 0. The van der Waals surface area contributed by atoms with Crippen LogP contribution in [0.1, 0.15) is 32.0 Å². The van der Waals surface area contributed by atoms with E-state index in [0.29, 0.717) is 6.54 Å². The summed E-state index contributed by atoms with van der Waals surface area (Å²) in [6.45, 7) is 7.53. The Hall–Kier alpha value is -0.900. The number of hydrogen-bond donors (Lipinski definition) is 2. The summed E-state index contributed by atoms with van der Waals surface area (Å²) >= 11 is 0. The minimum Gasteiger partial charge on any atom is -0.356 e. The van der Waals surface area contributed by atoms with Crippen molar-refractivity contribution in [3.63, 3.8) is 0 Å². The molecule has 1 aromatic heterocycles. The molecule has 1 aliphatic rings. The average molecular weight is 435 g/mol. The van der Waals surface area contributed by atoms with Crippen molar-refractivity contribution in [1.29, 1.82) is 0 Å². The van der Waals surface area contributed by atoms with Gasteiger partial charge in [0.15, 0.2) is 5.96 Å². The first-order valence-electron chi connectivity index (χ1n) is 8.22. The van der Waals surface area contributed by atoms with Crippen LogP contribution in [0.25, 0.3) is 0 Å². The molecule has 0 saturated carbocycles. The number of aliphatic imine (C=N–C) groups is 1.